The van der Waals surface area contributed by atoms with E-state index < -0.39 is 35.1 Å². The molecule has 1 aliphatic rings. The van der Waals surface area contributed by atoms with Crippen LogP contribution in [0.5, 0.6) is 11.5 Å². The van der Waals surface area contributed by atoms with Crippen LogP contribution in [0.25, 0.3) is 22.3 Å². The van der Waals surface area contributed by atoms with E-state index in [-0.39, 0.29) is 48.5 Å². The summed E-state index contributed by atoms with van der Waals surface area (Å²) in [5.41, 5.74) is 0.349. The number of fused-ring (bicyclic) bond motifs is 1. The van der Waals surface area contributed by atoms with E-state index in [1.165, 1.54) is 26.4 Å². The van der Waals surface area contributed by atoms with Gasteiger partial charge in [-0.05, 0) is 32.1 Å². The van der Waals surface area contributed by atoms with Crippen LogP contribution in [-0.2, 0) is 23.8 Å². The number of nitrogens with zero attached hydrogens (tertiary/aromatic N) is 1. The molecule has 0 unspecified atom stereocenters. The minimum Gasteiger partial charge on any atom is -0.507 e. The van der Waals surface area contributed by atoms with E-state index in [2.05, 4.69) is 0 Å². The number of likely N-dealkylation sites (N-methyl/N-ethyl adjacent to an activating group) is 1. The predicted octanol–water partition coefficient (Wildman–Crippen LogP) is 4.13. The summed E-state index contributed by atoms with van der Waals surface area (Å²) in [4.78, 5) is 40.7. The van der Waals surface area contributed by atoms with Crippen LogP contribution in [0.1, 0.15) is 30.7 Å². The van der Waals surface area contributed by atoms with Crippen molar-refractivity contribution in [2.75, 3.05) is 47.6 Å². The summed E-state index contributed by atoms with van der Waals surface area (Å²) in [6.07, 6.45) is -0.158. The second kappa shape index (κ2) is 13.3. The van der Waals surface area contributed by atoms with Crippen LogP contribution in [0.3, 0.4) is 0 Å². The van der Waals surface area contributed by atoms with Crippen LogP contribution in [0.2, 0.25) is 5.02 Å². The highest BCUT2D eigenvalue weighted by Gasteiger charge is 2.37. The molecule has 4 rings (SSSR count). The minimum atomic E-state index is -0.665. The summed E-state index contributed by atoms with van der Waals surface area (Å²) in [5.74, 6) is -1.80. The normalized spacial score (nSPS) is 17.6. The van der Waals surface area contributed by atoms with Gasteiger partial charge in [0.25, 0.3) is 0 Å². The number of carbonyl (C=O) groups excluding carboxylic acids is 2. The van der Waals surface area contributed by atoms with E-state index in [0.717, 1.165) is 0 Å². The monoisotopic (exact) mass is 573 g/mol. The molecule has 0 spiro atoms. The topological polar surface area (TPSA) is 125 Å². The van der Waals surface area contributed by atoms with E-state index in [9.17, 15) is 19.5 Å². The summed E-state index contributed by atoms with van der Waals surface area (Å²) in [6.45, 7) is 1.35. The van der Waals surface area contributed by atoms with Crippen molar-refractivity contribution in [3.05, 3.63) is 57.2 Å². The number of phenols is 1. The zero-order chi connectivity index (χ0) is 28.8. The average Bonchev–Trinajstić information content (AvgIpc) is 2.91. The zero-order valence-electron chi connectivity index (χ0n) is 22.6. The fraction of sp³-hybridized carbons (Fsp3) is 0.414. The van der Waals surface area contributed by atoms with Crippen LogP contribution >= 0.6 is 11.6 Å². The summed E-state index contributed by atoms with van der Waals surface area (Å²) < 4.78 is 27.9. The molecule has 2 atom stereocenters. The fourth-order valence-corrected chi connectivity index (χ4v) is 5.06. The number of carbonyl (C=O) groups is 2. The first kappa shape index (κ1) is 29.5. The Kier molecular flexibility index (Phi) is 9.80. The number of aromatic hydroxyl groups is 1. The first-order valence-electron chi connectivity index (χ1n) is 12.9. The molecule has 2 heterocycles. The second-order valence-corrected chi connectivity index (χ2v) is 10.0. The Labute approximate surface area is 236 Å². The van der Waals surface area contributed by atoms with E-state index >= 15 is 0 Å². The van der Waals surface area contributed by atoms with Gasteiger partial charge in [0, 0.05) is 49.9 Å². The van der Waals surface area contributed by atoms with Gasteiger partial charge >= 0.3 is 11.9 Å². The van der Waals surface area contributed by atoms with Gasteiger partial charge in [0.2, 0.25) is 0 Å². The number of phenolic OH excluding ortho intramolecular Hbond substituents is 1. The summed E-state index contributed by atoms with van der Waals surface area (Å²) >= 11 is 6.40. The highest BCUT2D eigenvalue weighted by atomic mass is 35.5. The van der Waals surface area contributed by atoms with Crippen molar-refractivity contribution in [3.8, 4) is 22.8 Å². The third-order valence-corrected chi connectivity index (χ3v) is 7.11. The largest absolute Gasteiger partial charge is 0.507 e. The smallest absolute Gasteiger partial charge is 0.313 e. The Hall–Kier alpha value is -3.44. The molecule has 0 radical (unpaired) electrons. The SMILES string of the molecule is COCCC(=O)Oc1cc(O)c2c(=O)cc(-c3ccccc3Cl)oc2c1[C@H]1CCN(C)C[C@H]1OC(=O)CCOC. The van der Waals surface area contributed by atoms with Gasteiger partial charge in [-0.1, -0.05) is 23.7 Å². The molecule has 1 aromatic heterocycles. The molecular formula is C29H32ClNO9. The third kappa shape index (κ3) is 6.64. The van der Waals surface area contributed by atoms with Gasteiger partial charge in [-0.3, -0.25) is 14.4 Å². The lowest BCUT2D eigenvalue weighted by Gasteiger charge is -2.37. The van der Waals surface area contributed by atoms with Gasteiger partial charge < -0.3 is 33.4 Å². The van der Waals surface area contributed by atoms with Crippen molar-refractivity contribution < 1.29 is 38.1 Å². The van der Waals surface area contributed by atoms with E-state index in [4.69, 9.17) is 35.0 Å². The van der Waals surface area contributed by atoms with Crippen LogP contribution in [-0.4, -0.2) is 75.6 Å². The molecule has 10 nitrogen and oxygen atoms in total. The number of benzene rings is 2. The maximum Gasteiger partial charge on any atom is 0.313 e. The molecule has 0 aliphatic carbocycles. The molecule has 0 saturated carbocycles. The quantitative estimate of drug-likeness (QED) is 0.279. The van der Waals surface area contributed by atoms with E-state index in [1.807, 2.05) is 11.9 Å². The summed E-state index contributed by atoms with van der Waals surface area (Å²) in [6, 6.07) is 9.37. The lowest BCUT2D eigenvalue weighted by Crippen LogP contribution is -2.43. The first-order chi connectivity index (χ1) is 19.2. The van der Waals surface area contributed by atoms with Crippen LogP contribution < -0.4 is 10.2 Å². The van der Waals surface area contributed by atoms with Gasteiger partial charge in [0.1, 0.15) is 34.3 Å². The van der Waals surface area contributed by atoms with Gasteiger partial charge in [0.15, 0.2) is 5.43 Å². The highest BCUT2D eigenvalue weighted by Crippen LogP contribution is 2.44. The number of likely N-dealkylation sites (tertiary alicyclic amines) is 1. The minimum absolute atomic E-state index is 0.0121. The predicted molar refractivity (Wildman–Crippen MR) is 148 cm³/mol. The molecule has 11 heteroatoms. The van der Waals surface area contributed by atoms with E-state index in [1.54, 1.807) is 24.3 Å². The number of halogens is 1. The van der Waals surface area contributed by atoms with Crippen molar-refractivity contribution in [2.45, 2.75) is 31.3 Å². The lowest BCUT2D eigenvalue weighted by atomic mass is 9.85. The number of rotatable bonds is 10. The Balaban J connectivity index is 1.93. The van der Waals surface area contributed by atoms with Gasteiger partial charge in [-0.2, -0.15) is 0 Å². The van der Waals surface area contributed by atoms with Crippen LogP contribution in [0.4, 0.5) is 0 Å². The van der Waals surface area contributed by atoms with Gasteiger partial charge in [-0.25, -0.2) is 0 Å². The van der Waals surface area contributed by atoms with Gasteiger partial charge in [-0.15, -0.1) is 0 Å². The van der Waals surface area contributed by atoms with Gasteiger partial charge in [0.05, 0.1) is 31.1 Å². The first-order valence-corrected chi connectivity index (χ1v) is 13.3. The maximum atomic E-state index is 13.3. The number of hydrogen-bond acceptors (Lipinski definition) is 10. The van der Waals surface area contributed by atoms with Crippen molar-refractivity contribution in [3.63, 3.8) is 0 Å². The fourth-order valence-electron chi connectivity index (χ4n) is 4.83. The Morgan fingerprint density at radius 2 is 1.80 bits per heavy atom. The number of esters is 2. The summed E-state index contributed by atoms with van der Waals surface area (Å²) in [5, 5.41) is 11.2. The maximum absolute atomic E-state index is 13.3. The molecule has 1 saturated heterocycles. The molecule has 3 aromatic rings. The Morgan fingerprint density at radius 1 is 1.10 bits per heavy atom. The number of ether oxygens (including phenoxy) is 4. The summed E-state index contributed by atoms with van der Waals surface area (Å²) in [7, 11) is 4.87. The number of hydrogen-bond donors (Lipinski definition) is 1. The number of piperidine rings is 1. The van der Waals surface area contributed by atoms with Crippen molar-refractivity contribution in [1.82, 2.24) is 4.90 Å². The highest BCUT2D eigenvalue weighted by molar-refractivity contribution is 6.33. The van der Waals surface area contributed by atoms with E-state index in [0.29, 0.717) is 35.7 Å². The molecule has 1 fully saturated rings. The average molecular weight is 574 g/mol. The molecule has 1 aliphatic heterocycles. The second-order valence-electron chi connectivity index (χ2n) is 9.61. The molecule has 40 heavy (non-hydrogen) atoms. The standard InChI is InChI=1S/C29H32ClNO9/c1-31-11-8-18(24(16-31)39-26(35)10-13-37-3)27-23(38-25(34)9-12-36-2)15-21(33)28-20(32)14-22(40-29(27)28)17-6-4-5-7-19(17)30/h4-7,14-15,18,24,33H,8-13,16H2,1-3H3/t18-,24+/m0/s1. The zero-order valence-corrected chi connectivity index (χ0v) is 23.4. The van der Waals surface area contributed by atoms with Crippen molar-refractivity contribution in [2.24, 2.45) is 0 Å². The molecule has 0 amide bonds. The lowest BCUT2D eigenvalue weighted by molar-refractivity contribution is -0.153. The Bertz CT molecular complexity index is 1440. The molecule has 214 valence electrons. The molecular weight excluding hydrogens is 542 g/mol. The van der Waals surface area contributed by atoms with Crippen LogP contribution in [0.15, 0.2) is 45.6 Å². The molecule has 2 aromatic carbocycles. The molecule has 1 N–H and O–H groups in total. The van der Waals surface area contributed by atoms with Crippen molar-refractivity contribution >= 4 is 34.5 Å². The van der Waals surface area contributed by atoms with Crippen molar-refractivity contribution in [1.29, 1.82) is 0 Å². The molecule has 0 bridgehead atoms. The van der Waals surface area contributed by atoms with Crippen LogP contribution in [0, 0.1) is 0 Å². The Morgan fingerprint density at radius 3 is 2.50 bits per heavy atom. The third-order valence-electron chi connectivity index (χ3n) is 6.78. The number of methoxy groups -OCH3 is 2.